The smallest absolute Gasteiger partial charge is 0.397 e. The molecule has 2 aromatic carbocycles. The van der Waals surface area contributed by atoms with Gasteiger partial charge in [0.25, 0.3) is 5.22 Å². The van der Waals surface area contributed by atoms with E-state index in [9.17, 15) is 18.0 Å². The van der Waals surface area contributed by atoms with Gasteiger partial charge < -0.3 is 4.42 Å². The number of aromatic nitrogens is 1. The highest BCUT2D eigenvalue weighted by Crippen LogP contribution is 2.30. The molecule has 0 N–H and O–H groups in total. The van der Waals surface area contributed by atoms with E-state index in [0.717, 1.165) is 29.5 Å². The molecular formula is C17H12F3NO2S. The normalized spacial score (nSPS) is 11.8. The van der Waals surface area contributed by atoms with Crippen molar-refractivity contribution in [3.63, 3.8) is 0 Å². The Morgan fingerprint density at radius 3 is 2.50 bits per heavy atom. The summed E-state index contributed by atoms with van der Waals surface area (Å²) >= 11 is 1.16. The van der Waals surface area contributed by atoms with Gasteiger partial charge in [-0.25, -0.2) is 9.78 Å². The predicted molar refractivity (Wildman–Crippen MR) is 86.0 cm³/mol. The van der Waals surface area contributed by atoms with Crippen molar-refractivity contribution in [2.24, 2.45) is 0 Å². The lowest BCUT2D eigenvalue weighted by atomic mass is 10.1. The molecule has 0 fully saturated rings. The molecule has 0 aliphatic carbocycles. The summed E-state index contributed by atoms with van der Waals surface area (Å²) in [6, 6.07) is 10.1. The molecule has 1 heterocycles. The fourth-order valence-corrected chi connectivity index (χ4v) is 2.94. The van der Waals surface area contributed by atoms with Crippen LogP contribution in [-0.2, 0) is 11.9 Å². The highest BCUT2D eigenvalue weighted by Gasteiger charge is 2.29. The third kappa shape index (κ3) is 3.62. The van der Waals surface area contributed by atoms with Crippen LogP contribution < -0.4 is 5.63 Å². The molecule has 0 aliphatic rings. The van der Waals surface area contributed by atoms with Crippen LogP contribution in [0.1, 0.15) is 16.7 Å². The lowest BCUT2D eigenvalue weighted by Gasteiger charge is -2.07. The number of nitrogens with zero attached hydrogens (tertiary/aromatic N) is 1. The molecule has 0 saturated carbocycles. The van der Waals surface area contributed by atoms with Crippen molar-refractivity contribution in [1.82, 2.24) is 4.98 Å². The van der Waals surface area contributed by atoms with Gasteiger partial charge in [-0.3, -0.25) is 0 Å². The van der Waals surface area contributed by atoms with Crippen molar-refractivity contribution in [3.8, 4) is 0 Å². The van der Waals surface area contributed by atoms with Crippen LogP contribution in [0.2, 0.25) is 0 Å². The van der Waals surface area contributed by atoms with E-state index in [4.69, 9.17) is 4.42 Å². The molecule has 0 radical (unpaired) electrons. The minimum Gasteiger partial charge on any atom is -0.397 e. The van der Waals surface area contributed by atoms with Gasteiger partial charge in [-0.05, 0) is 42.3 Å². The first-order valence-electron chi connectivity index (χ1n) is 7.03. The van der Waals surface area contributed by atoms with Crippen molar-refractivity contribution in [2.45, 2.75) is 24.1 Å². The number of aryl methyl sites for hydroxylation is 1. The van der Waals surface area contributed by atoms with Gasteiger partial charge in [0, 0.05) is 5.75 Å². The number of rotatable bonds is 3. The Hall–Kier alpha value is -2.28. The summed E-state index contributed by atoms with van der Waals surface area (Å²) in [5.41, 5.74) is 1.03. The molecule has 0 atom stereocenters. The van der Waals surface area contributed by atoms with E-state index in [0.29, 0.717) is 22.2 Å². The Morgan fingerprint density at radius 2 is 1.83 bits per heavy atom. The molecule has 24 heavy (non-hydrogen) atoms. The van der Waals surface area contributed by atoms with Crippen LogP contribution in [0, 0.1) is 6.92 Å². The van der Waals surface area contributed by atoms with Crippen LogP contribution in [0.4, 0.5) is 13.2 Å². The Balaban J connectivity index is 1.79. The minimum absolute atomic E-state index is 0.193. The molecule has 1 aromatic heterocycles. The summed E-state index contributed by atoms with van der Waals surface area (Å²) in [7, 11) is 0. The van der Waals surface area contributed by atoms with Crippen molar-refractivity contribution < 1.29 is 17.6 Å². The van der Waals surface area contributed by atoms with E-state index in [1.807, 2.05) is 6.92 Å². The monoisotopic (exact) mass is 351 g/mol. The number of alkyl halides is 3. The van der Waals surface area contributed by atoms with E-state index in [1.165, 1.54) is 12.1 Å². The highest BCUT2D eigenvalue weighted by atomic mass is 32.2. The molecule has 0 saturated heterocycles. The highest BCUT2D eigenvalue weighted by molar-refractivity contribution is 7.98. The first-order valence-corrected chi connectivity index (χ1v) is 8.02. The van der Waals surface area contributed by atoms with Crippen LogP contribution in [0.5, 0.6) is 0 Å². The summed E-state index contributed by atoms with van der Waals surface area (Å²) in [6.45, 7) is 1.89. The molecule has 3 nitrogen and oxygen atoms in total. The summed E-state index contributed by atoms with van der Waals surface area (Å²) in [5, 5.41) is 0.595. The average Bonchev–Trinajstić information content (AvgIpc) is 2.52. The van der Waals surface area contributed by atoms with Gasteiger partial charge in [0.2, 0.25) is 0 Å². The molecule has 0 spiro atoms. The SMILES string of the molecule is Cc1ccc2c(=O)oc(SCc3ccc(C(F)(F)F)cc3)nc2c1. The van der Waals surface area contributed by atoms with Crippen molar-refractivity contribution >= 4 is 22.7 Å². The van der Waals surface area contributed by atoms with Gasteiger partial charge in [-0.2, -0.15) is 13.2 Å². The fourth-order valence-electron chi connectivity index (χ4n) is 2.16. The van der Waals surface area contributed by atoms with E-state index in [1.54, 1.807) is 18.2 Å². The number of hydrogen-bond donors (Lipinski definition) is 0. The van der Waals surface area contributed by atoms with Crippen molar-refractivity contribution in [2.75, 3.05) is 0 Å². The van der Waals surface area contributed by atoms with E-state index >= 15 is 0 Å². The molecular weight excluding hydrogens is 339 g/mol. The first kappa shape index (κ1) is 16.6. The first-order chi connectivity index (χ1) is 11.3. The lowest BCUT2D eigenvalue weighted by molar-refractivity contribution is -0.137. The number of benzene rings is 2. The van der Waals surface area contributed by atoms with Gasteiger partial charge in [-0.1, -0.05) is 30.0 Å². The molecule has 7 heteroatoms. The minimum atomic E-state index is -4.35. The Bertz CT molecular complexity index is 933. The average molecular weight is 351 g/mol. The molecule has 3 aromatic rings. The summed E-state index contributed by atoms with van der Waals surface area (Å²) in [5.74, 6) is 0.353. The van der Waals surface area contributed by atoms with Gasteiger partial charge in [0.05, 0.1) is 16.5 Å². The van der Waals surface area contributed by atoms with E-state index in [2.05, 4.69) is 4.98 Å². The topological polar surface area (TPSA) is 43.1 Å². The van der Waals surface area contributed by atoms with Gasteiger partial charge >= 0.3 is 11.8 Å². The van der Waals surface area contributed by atoms with Gasteiger partial charge in [0.15, 0.2) is 0 Å². The van der Waals surface area contributed by atoms with Crippen molar-refractivity contribution in [1.29, 1.82) is 0 Å². The summed E-state index contributed by atoms with van der Waals surface area (Å²) in [6.07, 6.45) is -4.35. The molecule has 0 bridgehead atoms. The fraction of sp³-hybridized carbons (Fsp3) is 0.176. The number of halogens is 3. The zero-order valence-corrected chi connectivity index (χ0v) is 13.4. The predicted octanol–water partition coefficient (Wildman–Crippen LogP) is 4.81. The maximum Gasteiger partial charge on any atom is 0.416 e. The second kappa shape index (κ2) is 6.32. The Morgan fingerprint density at radius 1 is 1.12 bits per heavy atom. The zero-order valence-electron chi connectivity index (χ0n) is 12.6. The van der Waals surface area contributed by atoms with E-state index in [-0.39, 0.29) is 5.22 Å². The van der Waals surface area contributed by atoms with Crippen LogP contribution >= 0.6 is 11.8 Å². The number of thioether (sulfide) groups is 1. The molecule has 0 amide bonds. The van der Waals surface area contributed by atoms with Crippen LogP contribution in [-0.4, -0.2) is 4.98 Å². The largest absolute Gasteiger partial charge is 0.416 e. The molecule has 124 valence electrons. The van der Waals surface area contributed by atoms with Crippen LogP contribution in [0.15, 0.2) is 56.9 Å². The second-order valence-electron chi connectivity index (χ2n) is 5.27. The number of hydrogen-bond acceptors (Lipinski definition) is 4. The quantitative estimate of drug-likeness (QED) is 0.635. The van der Waals surface area contributed by atoms with Crippen LogP contribution in [0.3, 0.4) is 0 Å². The molecule has 3 rings (SSSR count). The number of fused-ring (bicyclic) bond motifs is 1. The van der Waals surface area contributed by atoms with Crippen LogP contribution in [0.25, 0.3) is 10.9 Å². The second-order valence-corrected chi connectivity index (χ2v) is 6.20. The summed E-state index contributed by atoms with van der Waals surface area (Å²) < 4.78 is 42.7. The maximum absolute atomic E-state index is 12.5. The molecule has 0 aliphatic heterocycles. The standard InChI is InChI=1S/C17H12F3NO2S/c1-10-2-7-13-14(8-10)21-16(23-15(13)22)24-9-11-3-5-12(6-4-11)17(18,19)20/h2-8H,9H2,1H3. The third-order valence-corrected chi connectivity index (χ3v) is 4.31. The van der Waals surface area contributed by atoms with Gasteiger partial charge in [-0.15, -0.1) is 0 Å². The molecule has 0 unspecified atom stereocenters. The third-order valence-electron chi connectivity index (χ3n) is 3.41. The summed E-state index contributed by atoms with van der Waals surface area (Å²) in [4.78, 5) is 16.2. The Labute approximate surface area is 139 Å². The zero-order chi connectivity index (χ0) is 17.3. The maximum atomic E-state index is 12.5. The lowest BCUT2D eigenvalue weighted by Crippen LogP contribution is -2.04. The van der Waals surface area contributed by atoms with E-state index < -0.39 is 17.4 Å². The van der Waals surface area contributed by atoms with Crippen molar-refractivity contribution in [3.05, 3.63) is 69.6 Å². The Kier molecular flexibility index (Phi) is 4.36. The van der Waals surface area contributed by atoms with Gasteiger partial charge in [0.1, 0.15) is 0 Å².